The molecule has 8 heteroatoms. The van der Waals surface area contributed by atoms with Crippen molar-refractivity contribution in [3.63, 3.8) is 0 Å². The molecule has 1 heterocycles. The first-order chi connectivity index (χ1) is 18.5. The lowest BCUT2D eigenvalue weighted by Crippen LogP contribution is -2.12. The summed E-state index contributed by atoms with van der Waals surface area (Å²) in [5.41, 5.74) is 1.00. The molecular weight excluding hydrogens is 553 g/mol. The number of Topliss-reactive ketones (excluding diaryl/α,β-unsaturated/α-hetero) is 1. The van der Waals surface area contributed by atoms with Crippen LogP contribution in [0.4, 0.5) is 5.82 Å². The van der Waals surface area contributed by atoms with E-state index in [1.807, 2.05) is 64.0 Å². The van der Waals surface area contributed by atoms with Crippen molar-refractivity contribution in [2.24, 2.45) is 11.8 Å². The van der Waals surface area contributed by atoms with Crippen LogP contribution >= 0.6 is 34.8 Å². The first-order valence-electron chi connectivity index (χ1n) is 13.7. The molecule has 216 valence electrons. The standard InChI is InChI=1S/C11H13N3.C9H7Cl3O2.C9H18.C2H6/c1-8-12-10-7-5-4-6-9(10)11(13-8)14(2)3;1-5(13)4-14-9-7(11)2-6(10)3-8(9)12;1-3-9-6-4-8(2)5-7-9;1-2/h4-7H,1-3H3;2-3H,4H2,1H3;8-9H,3-7H2,1-2H3;1-2H3. The molecule has 4 rings (SSSR count). The number of aryl methyl sites for hydroxylation is 1. The molecule has 0 atom stereocenters. The highest BCUT2D eigenvalue weighted by Gasteiger charge is 2.15. The quantitative estimate of drug-likeness (QED) is 0.293. The largest absolute Gasteiger partial charge is 0.483 e. The molecule has 0 bridgehead atoms. The molecule has 39 heavy (non-hydrogen) atoms. The van der Waals surface area contributed by atoms with Gasteiger partial charge in [0.2, 0.25) is 0 Å². The highest BCUT2D eigenvalue weighted by molar-refractivity contribution is 6.40. The zero-order chi connectivity index (χ0) is 29.5. The average molecular weight is 597 g/mol. The Hall–Kier alpha value is -2.08. The van der Waals surface area contributed by atoms with E-state index < -0.39 is 0 Å². The summed E-state index contributed by atoms with van der Waals surface area (Å²) in [7, 11) is 3.99. The number of ether oxygens (including phenoxy) is 1. The van der Waals surface area contributed by atoms with Crippen molar-refractivity contribution in [1.82, 2.24) is 9.97 Å². The van der Waals surface area contributed by atoms with Crippen molar-refractivity contribution < 1.29 is 9.53 Å². The van der Waals surface area contributed by atoms with Crippen molar-refractivity contribution in [1.29, 1.82) is 0 Å². The van der Waals surface area contributed by atoms with E-state index in [-0.39, 0.29) is 18.1 Å². The van der Waals surface area contributed by atoms with Gasteiger partial charge in [-0.25, -0.2) is 9.97 Å². The van der Waals surface area contributed by atoms with E-state index in [0.717, 1.165) is 34.4 Å². The van der Waals surface area contributed by atoms with E-state index in [0.29, 0.717) is 15.1 Å². The third-order valence-electron chi connectivity index (χ3n) is 6.21. The summed E-state index contributed by atoms with van der Waals surface area (Å²) in [6.45, 7) is 12.0. The number of hydrogen-bond acceptors (Lipinski definition) is 5. The third-order valence-corrected chi connectivity index (χ3v) is 6.99. The van der Waals surface area contributed by atoms with Crippen molar-refractivity contribution in [2.45, 2.75) is 73.6 Å². The Kier molecular flexibility index (Phi) is 16.4. The minimum Gasteiger partial charge on any atom is -0.483 e. The van der Waals surface area contributed by atoms with Crippen molar-refractivity contribution in [3.8, 4) is 5.75 Å². The van der Waals surface area contributed by atoms with E-state index in [9.17, 15) is 4.79 Å². The SMILES string of the molecule is CC.CC(=O)COc1c(Cl)cc(Cl)cc1Cl.CCC1CCC(C)CC1.Cc1nc(N(C)C)c2ccccc2n1. The van der Waals surface area contributed by atoms with Crippen LogP contribution < -0.4 is 9.64 Å². The number of hydrogen-bond donors (Lipinski definition) is 0. The summed E-state index contributed by atoms with van der Waals surface area (Å²) < 4.78 is 5.11. The van der Waals surface area contributed by atoms with Crippen LogP contribution in [0.3, 0.4) is 0 Å². The Morgan fingerprint density at radius 3 is 2.08 bits per heavy atom. The maximum absolute atomic E-state index is 10.7. The minimum atomic E-state index is -0.105. The molecule has 1 aromatic heterocycles. The molecule has 2 aromatic carbocycles. The van der Waals surface area contributed by atoms with E-state index in [1.165, 1.54) is 51.2 Å². The van der Waals surface area contributed by atoms with Gasteiger partial charge >= 0.3 is 0 Å². The zero-order valence-corrected chi connectivity index (χ0v) is 26.9. The molecule has 0 unspecified atom stereocenters. The second-order valence-electron chi connectivity index (χ2n) is 9.73. The summed E-state index contributed by atoms with van der Waals surface area (Å²) in [5.74, 6) is 4.06. The predicted molar refractivity (Wildman–Crippen MR) is 169 cm³/mol. The zero-order valence-electron chi connectivity index (χ0n) is 24.7. The van der Waals surface area contributed by atoms with Crippen LogP contribution in [0, 0.1) is 18.8 Å². The van der Waals surface area contributed by atoms with Gasteiger partial charge in [-0.05, 0) is 49.9 Å². The molecule has 0 N–H and O–H groups in total. The molecule has 0 aliphatic heterocycles. The lowest BCUT2D eigenvalue weighted by Gasteiger charge is -2.24. The van der Waals surface area contributed by atoms with Crippen LogP contribution in [-0.2, 0) is 4.79 Å². The number of anilines is 1. The molecule has 1 aliphatic carbocycles. The van der Waals surface area contributed by atoms with Crippen molar-refractivity contribution >= 4 is 57.3 Å². The topological polar surface area (TPSA) is 55.3 Å². The first-order valence-corrected chi connectivity index (χ1v) is 14.8. The summed E-state index contributed by atoms with van der Waals surface area (Å²) in [6, 6.07) is 11.1. The monoisotopic (exact) mass is 595 g/mol. The second-order valence-corrected chi connectivity index (χ2v) is 11.0. The minimum absolute atomic E-state index is 0.0545. The molecule has 1 fully saturated rings. The lowest BCUT2D eigenvalue weighted by molar-refractivity contribution is -0.118. The van der Waals surface area contributed by atoms with Crippen LogP contribution in [0.25, 0.3) is 10.9 Å². The van der Waals surface area contributed by atoms with Gasteiger partial charge in [-0.3, -0.25) is 4.79 Å². The number of aromatic nitrogens is 2. The van der Waals surface area contributed by atoms with E-state index in [1.54, 1.807) is 0 Å². The Morgan fingerprint density at radius 2 is 1.56 bits per heavy atom. The maximum Gasteiger partial charge on any atom is 0.167 e. The number of para-hydroxylation sites is 1. The van der Waals surface area contributed by atoms with Gasteiger partial charge in [0.05, 0.1) is 15.6 Å². The van der Waals surface area contributed by atoms with E-state index in [2.05, 4.69) is 23.8 Å². The predicted octanol–water partition coefficient (Wildman–Crippen LogP) is 9.87. The van der Waals surface area contributed by atoms with Gasteiger partial charge in [-0.1, -0.05) is 107 Å². The Labute approximate surface area is 250 Å². The second kappa shape index (κ2) is 18.3. The number of halogens is 3. The fourth-order valence-electron chi connectivity index (χ4n) is 4.09. The molecule has 0 amide bonds. The van der Waals surface area contributed by atoms with E-state index in [4.69, 9.17) is 39.5 Å². The highest BCUT2D eigenvalue weighted by atomic mass is 35.5. The smallest absolute Gasteiger partial charge is 0.167 e. The average Bonchev–Trinajstić information content (AvgIpc) is 2.89. The fraction of sp³-hybridized carbons (Fsp3) is 0.516. The Morgan fingerprint density at radius 1 is 1.00 bits per heavy atom. The Balaban J connectivity index is 0.000000290. The molecule has 1 aliphatic rings. The Bertz CT molecular complexity index is 1140. The number of carbonyl (C=O) groups excluding carboxylic acids is 1. The number of nitrogens with zero attached hydrogens (tertiary/aromatic N) is 3. The summed E-state index contributed by atoms with van der Waals surface area (Å²) in [5, 5.41) is 2.12. The summed E-state index contributed by atoms with van der Waals surface area (Å²) in [6.07, 6.45) is 7.37. The normalized spacial score (nSPS) is 16.0. The van der Waals surface area contributed by atoms with Crippen LogP contribution in [0.15, 0.2) is 36.4 Å². The maximum atomic E-state index is 10.7. The van der Waals surface area contributed by atoms with Gasteiger partial charge < -0.3 is 9.64 Å². The van der Waals surface area contributed by atoms with Gasteiger partial charge in [0.25, 0.3) is 0 Å². The molecule has 0 saturated heterocycles. The van der Waals surface area contributed by atoms with Crippen LogP contribution in [0.1, 0.15) is 72.5 Å². The molecule has 1 saturated carbocycles. The molecule has 0 radical (unpaired) electrons. The van der Waals surface area contributed by atoms with Gasteiger partial charge in [0.1, 0.15) is 18.2 Å². The van der Waals surface area contributed by atoms with Crippen LogP contribution in [-0.4, -0.2) is 36.5 Å². The van der Waals surface area contributed by atoms with Gasteiger partial charge in [-0.15, -0.1) is 0 Å². The molecular formula is C31H44Cl3N3O2. The van der Waals surface area contributed by atoms with Gasteiger partial charge in [-0.2, -0.15) is 0 Å². The number of fused-ring (bicyclic) bond motifs is 1. The number of benzene rings is 2. The van der Waals surface area contributed by atoms with E-state index >= 15 is 0 Å². The van der Waals surface area contributed by atoms with Crippen LogP contribution in [0.2, 0.25) is 15.1 Å². The third kappa shape index (κ3) is 12.3. The number of ketones is 1. The molecule has 3 aromatic rings. The van der Waals surface area contributed by atoms with Crippen molar-refractivity contribution in [2.75, 3.05) is 25.6 Å². The summed E-state index contributed by atoms with van der Waals surface area (Å²) >= 11 is 17.3. The molecule has 5 nitrogen and oxygen atoms in total. The fourth-order valence-corrected chi connectivity index (χ4v) is 5.02. The van der Waals surface area contributed by atoms with Crippen molar-refractivity contribution in [3.05, 3.63) is 57.3 Å². The van der Waals surface area contributed by atoms with Crippen LogP contribution in [0.5, 0.6) is 5.75 Å². The molecule has 0 spiro atoms. The summed E-state index contributed by atoms with van der Waals surface area (Å²) in [4.78, 5) is 21.5. The number of rotatable bonds is 5. The lowest BCUT2D eigenvalue weighted by atomic mass is 9.82. The highest BCUT2D eigenvalue weighted by Crippen LogP contribution is 2.35. The van der Waals surface area contributed by atoms with Gasteiger partial charge in [0, 0.05) is 24.5 Å². The first kappa shape index (κ1) is 34.9. The number of carbonyl (C=O) groups is 1. The van der Waals surface area contributed by atoms with Gasteiger partial charge in [0.15, 0.2) is 11.5 Å².